The molecule has 0 aromatic carbocycles. The molecule has 0 radical (unpaired) electrons. The molecule has 0 rings (SSSR count). The average Bonchev–Trinajstić information content (AvgIpc) is 1.89. The van der Waals surface area contributed by atoms with E-state index in [0.29, 0.717) is 0 Å². The monoisotopic (exact) mass is 138 g/mol. The highest BCUT2D eigenvalue weighted by atomic mass is 16.2. The fourth-order valence-electron chi connectivity index (χ4n) is 0.643. The quantitative estimate of drug-likeness (QED) is 0.465. The van der Waals surface area contributed by atoms with Gasteiger partial charge in [-0.25, -0.2) is 0 Å². The molecule has 1 heteroatoms. The third-order valence-electron chi connectivity index (χ3n) is 1.26. The van der Waals surface area contributed by atoms with Gasteiger partial charge in [-0.3, -0.25) is 0 Å². The minimum absolute atomic E-state index is 0.144. The van der Waals surface area contributed by atoms with Gasteiger partial charge < -0.3 is 5.11 Å². The molecule has 0 atom stereocenters. The first kappa shape index (κ1) is 9.26. The molecule has 0 aliphatic carbocycles. The highest BCUT2D eigenvalue weighted by Crippen LogP contribution is 2.01. The summed E-state index contributed by atoms with van der Waals surface area (Å²) in [5.41, 5.74) is 1.21. The summed E-state index contributed by atoms with van der Waals surface area (Å²) in [7, 11) is 0. The van der Waals surface area contributed by atoms with Gasteiger partial charge in [0.25, 0.3) is 0 Å². The van der Waals surface area contributed by atoms with Gasteiger partial charge >= 0.3 is 0 Å². The molecule has 0 saturated carbocycles. The van der Waals surface area contributed by atoms with Gasteiger partial charge in [-0.1, -0.05) is 11.6 Å². The van der Waals surface area contributed by atoms with E-state index in [1.807, 2.05) is 19.9 Å². The van der Waals surface area contributed by atoms with E-state index in [1.54, 1.807) is 0 Å². The minimum atomic E-state index is 0.144. The lowest BCUT2D eigenvalue weighted by Crippen LogP contribution is -1.79. The van der Waals surface area contributed by atoms with Gasteiger partial charge in [-0.15, -0.1) is 11.8 Å². The van der Waals surface area contributed by atoms with Crippen LogP contribution in [0.2, 0.25) is 0 Å². The van der Waals surface area contributed by atoms with Crippen molar-refractivity contribution in [2.45, 2.75) is 26.7 Å². The number of hydrogen-bond acceptors (Lipinski definition) is 1. The van der Waals surface area contributed by atoms with E-state index >= 15 is 0 Å². The van der Waals surface area contributed by atoms with Crippen molar-refractivity contribution in [3.8, 4) is 11.8 Å². The fourth-order valence-corrected chi connectivity index (χ4v) is 0.643. The summed E-state index contributed by atoms with van der Waals surface area (Å²) in [6.07, 6.45) is 3.69. The van der Waals surface area contributed by atoms with Gasteiger partial charge in [0.1, 0.15) is 0 Å². The van der Waals surface area contributed by atoms with E-state index in [0.717, 1.165) is 12.8 Å². The number of aliphatic hydroxyl groups is 1. The first-order valence-corrected chi connectivity index (χ1v) is 3.47. The molecule has 0 aliphatic rings. The number of rotatable bonds is 3. The zero-order valence-electron chi connectivity index (χ0n) is 6.65. The van der Waals surface area contributed by atoms with Gasteiger partial charge in [0.2, 0.25) is 0 Å². The Morgan fingerprint density at radius 3 is 2.80 bits per heavy atom. The fraction of sp³-hybridized carbons (Fsp3) is 0.556. The second kappa shape index (κ2) is 6.38. The molecule has 0 spiro atoms. The Bertz CT molecular complexity index is 157. The Balaban J connectivity index is 3.45. The SMILES string of the molecule is CC#CCC/C(C)=C/CO. The van der Waals surface area contributed by atoms with Crippen LogP contribution in [0, 0.1) is 11.8 Å². The Labute approximate surface area is 62.8 Å². The lowest BCUT2D eigenvalue weighted by atomic mass is 10.1. The smallest absolute Gasteiger partial charge is 0.0614 e. The lowest BCUT2D eigenvalue weighted by Gasteiger charge is -1.93. The van der Waals surface area contributed by atoms with Gasteiger partial charge in [0.15, 0.2) is 0 Å². The van der Waals surface area contributed by atoms with Gasteiger partial charge in [-0.2, -0.15) is 0 Å². The van der Waals surface area contributed by atoms with Crippen molar-refractivity contribution in [1.82, 2.24) is 0 Å². The van der Waals surface area contributed by atoms with E-state index in [1.165, 1.54) is 5.57 Å². The van der Waals surface area contributed by atoms with Crippen LogP contribution in [0.25, 0.3) is 0 Å². The summed E-state index contributed by atoms with van der Waals surface area (Å²) in [6.45, 7) is 3.99. The summed E-state index contributed by atoms with van der Waals surface area (Å²) in [5, 5.41) is 8.48. The highest BCUT2D eigenvalue weighted by Gasteiger charge is 1.84. The largest absolute Gasteiger partial charge is 0.392 e. The van der Waals surface area contributed by atoms with Crippen LogP contribution < -0.4 is 0 Å². The minimum Gasteiger partial charge on any atom is -0.392 e. The Morgan fingerprint density at radius 2 is 2.30 bits per heavy atom. The summed E-state index contributed by atoms with van der Waals surface area (Å²) < 4.78 is 0. The molecule has 0 aromatic rings. The Hall–Kier alpha value is -0.740. The van der Waals surface area contributed by atoms with Crippen LogP contribution in [-0.2, 0) is 0 Å². The normalized spacial score (nSPS) is 10.5. The van der Waals surface area contributed by atoms with Crippen LogP contribution in [0.5, 0.6) is 0 Å². The maximum absolute atomic E-state index is 8.48. The predicted octanol–water partition coefficient (Wildman–Crippen LogP) is 1.73. The van der Waals surface area contributed by atoms with Gasteiger partial charge in [0.05, 0.1) is 6.61 Å². The molecule has 1 nitrogen and oxygen atoms in total. The van der Waals surface area contributed by atoms with Gasteiger partial charge in [-0.05, 0) is 20.3 Å². The summed E-state index contributed by atoms with van der Waals surface area (Å²) in [6, 6.07) is 0. The molecule has 0 aromatic heterocycles. The molecule has 10 heavy (non-hydrogen) atoms. The average molecular weight is 138 g/mol. The topological polar surface area (TPSA) is 20.2 Å². The van der Waals surface area contributed by atoms with Gasteiger partial charge in [0, 0.05) is 6.42 Å². The van der Waals surface area contributed by atoms with E-state index in [4.69, 9.17) is 5.11 Å². The second-order valence-electron chi connectivity index (χ2n) is 2.16. The molecule has 1 N–H and O–H groups in total. The van der Waals surface area contributed by atoms with Crippen LogP contribution in [0.1, 0.15) is 26.7 Å². The maximum atomic E-state index is 8.48. The standard InChI is InChI=1S/C9H14O/c1-3-4-5-6-9(2)7-8-10/h7,10H,5-6,8H2,1-2H3/b9-7+. The van der Waals surface area contributed by atoms with Crippen molar-refractivity contribution in [2.24, 2.45) is 0 Å². The Morgan fingerprint density at radius 1 is 1.60 bits per heavy atom. The van der Waals surface area contributed by atoms with Crippen LogP contribution in [0.3, 0.4) is 0 Å². The molecule has 0 bridgehead atoms. The Kier molecular flexibility index (Phi) is 5.91. The van der Waals surface area contributed by atoms with Crippen molar-refractivity contribution in [2.75, 3.05) is 6.61 Å². The lowest BCUT2D eigenvalue weighted by molar-refractivity contribution is 0.341. The maximum Gasteiger partial charge on any atom is 0.0614 e. The van der Waals surface area contributed by atoms with Crippen LogP contribution in [0.15, 0.2) is 11.6 Å². The van der Waals surface area contributed by atoms with Crippen molar-refractivity contribution >= 4 is 0 Å². The third-order valence-corrected chi connectivity index (χ3v) is 1.26. The van der Waals surface area contributed by atoms with Crippen LogP contribution in [-0.4, -0.2) is 11.7 Å². The molecule has 0 amide bonds. The molecule has 0 unspecified atom stereocenters. The summed E-state index contributed by atoms with van der Waals surface area (Å²) in [4.78, 5) is 0. The molecule has 0 aliphatic heterocycles. The highest BCUT2D eigenvalue weighted by molar-refractivity contribution is 5.03. The second-order valence-corrected chi connectivity index (χ2v) is 2.16. The van der Waals surface area contributed by atoms with Crippen molar-refractivity contribution in [1.29, 1.82) is 0 Å². The zero-order chi connectivity index (χ0) is 7.82. The van der Waals surface area contributed by atoms with E-state index in [2.05, 4.69) is 11.8 Å². The molecular formula is C9H14O. The molecule has 56 valence electrons. The molecular weight excluding hydrogens is 124 g/mol. The summed E-state index contributed by atoms with van der Waals surface area (Å²) in [5.74, 6) is 5.79. The number of hydrogen-bond donors (Lipinski definition) is 1. The van der Waals surface area contributed by atoms with E-state index in [-0.39, 0.29) is 6.61 Å². The van der Waals surface area contributed by atoms with E-state index in [9.17, 15) is 0 Å². The summed E-state index contributed by atoms with van der Waals surface area (Å²) >= 11 is 0. The van der Waals surface area contributed by atoms with Crippen molar-refractivity contribution < 1.29 is 5.11 Å². The first-order valence-electron chi connectivity index (χ1n) is 3.47. The molecule has 0 fully saturated rings. The van der Waals surface area contributed by atoms with Crippen LogP contribution >= 0.6 is 0 Å². The van der Waals surface area contributed by atoms with Crippen molar-refractivity contribution in [3.05, 3.63) is 11.6 Å². The molecule has 0 heterocycles. The van der Waals surface area contributed by atoms with E-state index < -0.39 is 0 Å². The van der Waals surface area contributed by atoms with Crippen molar-refractivity contribution in [3.63, 3.8) is 0 Å². The molecule has 0 saturated heterocycles. The number of allylic oxidation sites excluding steroid dienone is 1. The van der Waals surface area contributed by atoms with Crippen LogP contribution in [0.4, 0.5) is 0 Å². The zero-order valence-corrected chi connectivity index (χ0v) is 6.65. The first-order chi connectivity index (χ1) is 4.81. The number of aliphatic hydroxyl groups excluding tert-OH is 1. The predicted molar refractivity (Wildman–Crippen MR) is 43.5 cm³/mol. The third kappa shape index (κ3) is 5.40.